The van der Waals surface area contributed by atoms with E-state index in [0.717, 1.165) is 24.8 Å². The third kappa shape index (κ3) is 4.37. The van der Waals surface area contributed by atoms with E-state index in [2.05, 4.69) is 5.32 Å². The number of carbonyl (C=O) groups excluding carboxylic acids is 1. The van der Waals surface area contributed by atoms with Crippen molar-refractivity contribution in [1.82, 2.24) is 5.32 Å². The van der Waals surface area contributed by atoms with Crippen molar-refractivity contribution in [2.45, 2.75) is 26.2 Å². The fraction of sp³-hybridized carbons (Fsp3) is 0.500. The Labute approximate surface area is 109 Å². The number of ether oxygens (including phenoxy) is 1. The Kier molecular flexibility index (Phi) is 6.22. The van der Waals surface area contributed by atoms with E-state index in [4.69, 9.17) is 10.5 Å². The van der Waals surface area contributed by atoms with E-state index in [1.165, 1.54) is 0 Å². The average Bonchev–Trinajstić information content (AvgIpc) is 2.38. The molecule has 0 bridgehead atoms. The average molecular weight is 250 g/mol. The molecule has 0 aliphatic rings. The zero-order chi connectivity index (χ0) is 13.4. The largest absolute Gasteiger partial charge is 0.496 e. The van der Waals surface area contributed by atoms with Crippen LogP contribution in [0.25, 0.3) is 0 Å². The number of benzene rings is 1. The minimum absolute atomic E-state index is 0.0803. The van der Waals surface area contributed by atoms with E-state index in [9.17, 15) is 4.79 Å². The van der Waals surface area contributed by atoms with Crippen LogP contribution in [0.3, 0.4) is 0 Å². The van der Waals surface area contributed by atoms with Crippen molar-refractivity contribution in [3.05, 3.63) is 29.3 Å². The molecule has 100 valence electrons. The molecule has 0 atom stereocenters. The minimum atomic E-state index is -0.0803. The Morgan fingerprint density at radius 2 is 2.11 bits per heavy atom. The predicted molar refractivity (Wildman–Crippen MR) is 73.0 cm³/mol. The molecule has 1 aromatic carbocycles. The zero-order valence-corrected chi connectivity index (χ0v) is 11.2. The first-order chi connectivity index (χ1) is 8.69. The molecule has 0 saturated heterocycles. The van der Waals surface area contributed by atoms with Crippen LogP contribution in [-0.2, 0) is 0 Å². The van der Waals surface area contributed by atoms with Crippen LogP contribution < -0.4 is 15.8 Å². The molecular formula is C14H22N2O2. The van der Waals surface area contributed by atoms with Gasteiger partial charge in [0, 0.05) is 6.54 Å². The van der Waals surface area contributed by atoms with Crippen molar-refractivity contribution in [1.29, 1.82) is 0 Å². The summed E-state index contributed by atoms with van der Waals surface area (Å²) in [5.41, 5.74) is 7.05. The standard InChI is InChI=1S/C14H22N2O2/c1-11-6-7-13(18-2)12(10-11)14(17)16-9-5-3-4-8-15/h6-7,10H,3-5,8-9,15H2,1-2H3,(H,16,17). The Hall–Kier alpha value is -1.55. The van der Waals surface area contributed by atoms with Gasteiger partial charge in [-0.3, -0.25) is 4.79 Å². The molecule has 4 heteroatoms. The van der Waals surface area contributed by atoms with Crippen LogP contribution in [0.4, 0.5) is 0 Å². The quantitative estimate of drug-likeness (QED) is 0.726. The maximum absolute atomic E-state index is 12.0. The summed E-state index contributed by atoms with van der Waals surface area (Å²) in [6, 6.07) is 5.59. The fourth-order valence-electron chi connectivity index (χ4n) is 1.74. The molecule has 1 rings (SSSR count). The Morgan fingerprint density at radius 3 is 2.78 bits per heavy atom. The lowest BCUT2D eigenvalue weighted by Crippen LogP contribution is -2.25. The molecule has 3 N–H and O–H groups in total. The predicted octanol–water partition coefficient (Wildman–Crippen LogP) is 1.86. The normalized spacial score (nSPS) is 10.2. The first-order valence-corrected chi connectivity index (χ1v) is 6.32. The molecule has 1 amide bonds. The summed E-state index contributed by atoms with van der Waals surface area (Å²) in [4.78, 5) is 12.0. The van der Waals surface area contributed by atoms with Crippen molar-refractivity contribution >= 4 is 5.91 Å². The Morgan fingerprint density at radius 1 is 1.33 bits per heavy atom. The molecule has 0 aliphatic heterocycles. The first kappa shape index (κ1) is 14.5. The van der Waals surface area contributed by atoms with Gasteiger partial charge in [0.15, 0.2) is 0 Å². The van der Waals surface area contributed by atoms with Gasteiger partial charge in [-0.15, -0.1) is 0 Å². The van der Waals surface area contributed by atoms with Crippen LogP contribution in [0.5, 0.6) is 5.75 Å². The second-order valence-corrected chi connectivity index (χ2v) is 4.31. The number of nitrogens with two attached hydrogens (primary N) is 1. The van der Waals surface area contributed by atoms with Gasteiger partial charge in [0.1, 0.15) is 5.75 Å². The summed E-state index contributed by atoms with van der Waals surface area (Å²) >= 11 is 0. The lowest BCUT2D eigenvalue weighted by molar-refractivity contribution is 0.0950. The van der Waals surface area contributed by atoms with Gasteiger partial charge in [0.2, 0.25) is 0 Å². The highest BCUT2D eigenvalue weighted by Crippen LogP contribution is 2.19. The van der Waals surface area contributed by atoms with Crippen molar-refractivity contribution in [3.63, 3.8) is 0 Å². The lowest BCUT2D eigenvalue weighted by atomic mass is 10.1. The highest BCUT2D eigenvalue weighted by atomic mass is 16.5. The number of rotatable bonds is 7. The SMILES string of the molecule is COc1ccc(C)cc1C(=O)NCCCCCN. The van der Waals surface area contributed by atoms with Gasteiger partial charge in [-0.1, -0.05) is 18.1 Å². The number of nitrogens with one attached hydrogen (secondary N) is 1. The summed E-state index contributed by atoms with van der Waals surface area (Å²) in [7, 11) is 1.57. The molecule has 1 aromatic rings. The molecule has 0 fully saturated rings. The van der Waals surface area contributed by atoms with E-state index in [0.29, 0.717) is 24.4 Å². The summed E-state index contributed by atoms with van der Waals surface area (Å²) in [5, 5.41) is 2.90. The van der Waals surface area contributed by atoms with E-state index in [-0.39, 0.29) is 5.91 Å². The monoisotopic (exact) mass is 250 g/mol. The summed E-state index contributed by atoms with van der Waals surface area (Å²) in [5.74, 6) is 0.531. The van der Waals surface area contributed by atoms with Gasteiger partial charge in [0.05, 0.1) is 12.7 Å². The smallest absolute Gasteiger partial charge is 0.255 e. The number of hydrogen-bond acceptors (Lipinski definition) is 3. The maximum Gasteiger partial charge on any atom is 0.255 e. The molecule has 0 spiro atoms. The minimum Gasteiger partial charge on any atom is -0.496 e. The summed E-state index contributed by atoms with van der Waals surface area (Å²) < 4.78 is 5.19. The van der Waals surface area contributed by atoms with E-state index < -0.39 is 0 Å². The van der Waals surface area contributed by atoms with Crippen LogP contribution in [0.2, 0.25) is 0 Å². The molecule has 18 heavy (non-hydrogen) atoms. The fourth-order valence-corrected chi connectivity index (χ4v) is 1.74. The molecule has 0 radical (unpaired) electrons. The van der Waals surface area contributed by atoms with Crippen molar-refractivity contribution in [3.8, 4) is 5.75 Å². The molecule has 0 saturated carbocycles. The Balaban J connectivity index is 2.52. The van der Waals surface area contributed by atoms with Crippen LogP contribution >= 0.6 is 0 Å². The Bertz CT molecular complexity index is 391. The van der Waals surface area contributed by atoms with Crippen molar-refractivity contribution in [2.75, 3.05) is 20.2 Å². The summed E-state index contributed by atoms with van der Waals surface area (Å²) in [6.07, 6.45) is 3.00. The second kappa shape index (κ2) is 7.71. The third-order valence-corrected chi connectivity index (χ3v) is 2.77. The molecule has 0 unspecified atom stereocenters. The molecule has 0 aliphatic carbocycles. The number of carbonyl (C=O) groups is 1. The topological polar surface area (TPSA) is 64.3 Å². The van der Waals surface area contributed by atoms with Gasteiger partial charge < -0.3 is 15.8 Å². The van der Waals surface area contributed by atoms with E-state index in [1.54, 1.807) is 7.11 Å². The van der Waals surface area contributed by atoms with Crippen molar-refractivity contribution < 1.29 is 9.53 Å². The second-order valence-electron chi connectivity index (χ2n) is 4.31. The van der Waals surface area contributed by atoms with Gasteiger partial charge in [-0.25, -0.2) is 0 Å². The molecule has 0 heterocycles. The molecular weight excluding hydrogens is 228 g/mol. The lowest BCUT2D eigenvalue weighted by Gasteiger charge is -2.10. The van der Waals surface area contributed by atoms with Gasteiger partial charge in [-0.2, -0.15) is 0 Å². The number of unbranched alkanes of at least 4 members (excludes halogenated alkanes) is 2. The highest BCUT2D eigenvalue weighted by Gasteiger charge is 2.11. The third-order valence-electron chi connectivity index (χ3n) is 2.77. The van der Waals surface area contributed by atoms with Crippen LogP contribution in [0.1, 0.15) is 35.2 Å². The van der Waals surface area contributed by atoms with Crippen LogP contribution in [-0.4, -0.2) is 26.1 Å². The maximum atomic E-state index is 12.0. The number of aryl methyl sites for hydroxylation is 1. The number of hydrogen-bond donors (Lipinski definition) is 2. The highest BCUT2D eigenvalue weighted by molar-refractivity contribution is 5.97. The molecule has 0 aromatic heterocycles. The van der Waals surface area contributed by atoms with Gasteiger partial charge in [-0.05, 0) is 38.4 Å². The zero-order valence-electron chi connectivity index (χ0n) is 11.2. The van der Waals surface area contributed by atoms with Crippen molar-refractivity contribution in [2.24, 2.45) is 5.73 Å². The van der Waals surface area contributed by atoms with Gasteiger partial charge in [0.25, 0.3) is 5.91 Å². The van der Waals surface area contributed by atoms with Gasteiger partial charge >= 0.3 is 0 Å². The van der Waals surface area contributed by atoms with Crippen LogP contribution in [0.15, 0.2) is 18.2 Å². The number of amides is 1. The first-order valence-electron chi connectivity index (χ1n) is 6.32. The molecule has 4 nitrogen and oxygen atoms in total. The van der Waals surface area contributed by atoms with E-state index >= 15 is 0 Å². The van der Waals surface area contributed by atoms with E-state index in [1.807, 2.05) is 25.1 Å². The summed E-state index contributed by atoms with van der Waals surface area (Å²) in [6.45, 7) is 3.34. The van der Waals surface area contributed by atoms with Crippen LogP contribution in [0, 0.1) is 6.92 Å². The number of methoxy groups -OCH3 is 1.